The highest BCUT2D eigenvalue weighted by Gasteiger charge is 2.55. The fraction of sp³-hybridized carbons (Fsp3) is 0.700. The summed E-state index contributed by atoms with van der Waals surface area (Å²) in [5, 5.41) is 4.38. The Labute approximate surface area is 87.6 Å². The largest absolute Gasteiger partial charge is 0.328 e. The number of rotatable bonds is 2. The molecule has 15 heavy (non-hydrogen) atoms. The van der Waals surface area contributed by atoms with Crippen LogP contribution in [-0.2, 0) is 9.59 Å². The lowest BCUT2D eigenvalue weighted by molar-refractivity contribution is -0.151. The normalized spacial score (nSPS) is 25.5. The van der Waals surface area contributed by atoms with Crippen LogP contribution in [0.15, 0.2) is 0 Å². The standard InChI is InChI=1S/C10H14N2O3/c1-2-10(6-4-3-5-6)7(13)11-9(15)12-8(10)14/h6H,2-5H2,1H3,(H2,11,12,13,14,15). The highest BCUT2D eigenvalue weighted by Crippen LogP contribution is 2.45. The summed E-state index contributed by atoms with van der Waals surface area (Å²) < 4.78 is 0. The van der Waals surface area contributed by atoms with Gasteiger partial charge in [-0.15, -0.1) is 0 Å². The second-order valence-electron chi connectivity index (χ2n) is 4.19. The molecule has 82 valence electrons. The van der Waals surface area contributed by atoms with Crippen LogP contribution in [0.3, 0.4) is 0 Å². The van der Waals surface area contributed by atoms with Crippen LogP contribution in [0.5, 0.6) is 0 Å². The molecule has 1 aliphatic heterocycles. The third-order valence-corrected chi connectivity index (χ3v) is 3.62. The van der Waals surface area contributed by atoms with Gasteiger partial charge in [0.25, 0.3) is 0 Å². The number of hydrogen-bond acceptors (Lipinski definition) is 3. The van der Waals surface area contributed by atoms with Crippen molar-refractivity contribution in [3.05, 3.63) is 0 Å². The van der Waals surface area contributed by atoms with Crippen molar-refractivity contribution in [1.82, 2.24) is 10.6 Å². The van der Waals surface area contributed by atoms with Crippen molar-refractivity contribution in [2.75, 3.05) is 0 Å². The molecule has 0 atom stereocenters. The quantitative estimate of drug-likeness (QED) is 0.653. The van der Waals surface area contributed by atoms with Crippen LogP contribution in [0.25, 0.3) is 0 Å². The zero-order chi connectivity index (χ0) is 11.1. The summed E-state index contributed by atoms with van der Waals surface area (Å²) in [4.78, 5) is 34.6. The monoisotopic (exact) mass is 210 g/mol. The van der Waals surface area contributed by atoms with E-state index in [1.807, 2.05) is 6.92 Å². The van der Waals surface area contributed by atoms with E-state index in [2.05, 4.69) is 10.6 Å². The van der Waals surface area contributed by atoms with Crippen LogP contribution in [0.4, 0.5) is 4.79 Å². The topological polar surface area (TPSA) is 75.3 Å². The van der Waals surface area contributed by atoms with E-state index < -0.39 is 23.3 Å². The Morgan fingerprint density at radius 1 is 1.20 bits per heavy atom. The molecule has 0 aromatic carbocycles. The molecule has 1 heterocycles. The van der Waals surface area contributed by atoms with E-state index in [9.17, 15) is 14.4 Å². The van der Waals surface area contributed by atoms with Gasteiger partial charge in [-0.05, 0) is 25.2 Å². The van der Waals surface area contributed by atoms with Gasteiger partial charge in [-0.25, -0.2) is 4.79 Å². The molecule has 2 N–H and O–H groups in total. The molecule has 0 radical (unpaired) electrons. The number of carbonyl (C=O) groups is 3. The predicted molar refractivity (Wildman–Crippen MR) is 51.7 cm³/mol. The van der Waals surface area contributed by atoms with Crippen molar-refractivity contribution in [3.8, 4) is 0 Å². The first-order valence-electron chi connectivity index (χ1n) is 5.28. The van der Waals surface area contributed by atoms with Gasteiger partial charge < -0.3 is 0 Å². The molecule has 5 heteroatoms. The lowest BCUT2D eigenvalue weighted by Crippen LogP contribution is -2.65. The molecule has 2 aliphatic rings. The average molecular weight is 210 g/mol. The molecule has 0 aromatic heterocycles. The number of imide groups is 2. The molecule has 0 spiro atoms. The minimum atomic E-state index is -1.01. The minimum Gasteiger partial charge on any atom is -0.277 e. The smallest absolute Gasteiger partial charge is 0.277 e. The summed E-state index contributed by atoms with van der Waals surface area (Å²) in [6, 6.07) is -0.701. The zero-order valence-corrected chi connectivity index (χ0v) is 8.63. The maximum absolute atomic E-state index is 11.8. The van der Waals surface area contributed by atoms with E-state index >= 15 is 0 Å². The van der Waals surface area contributed by atoms with Crippen molar-refractivity contribution in [2.24, 2.45) is 11.3 Å². The molecule has 0 unspecified atom stereocenters. The molecule has 0 aromatic rings. The Kier molecular flexibility index (Phi) is 2.25. The fourth-order valence-corrected chi connectivity index (χ4v) is 2.45. The minimum absolute atomic E-state index is 0.0931. The van der Waals surface area contributed by atoms with Gasteiger partial charge in [0.1, 0.15) is 5.41 Å². The van der Waals surface area contributed by atoms with Crippen LogP contribution in [0.2, 0.25) is 0 Å². The van der Waals surface area contributed by atoms with Gasteiger partial charge in [0.05, 0.1) is 0 Å². The van der Waals surface area contributed by atoms with Gasteiger partial charge in [0, 0.05) is 0 Å². The van der Waals surface area contributed by atoms with E-state index in [1.54, 1.807) is 0 Å². The molecule has 5 nitrogen and oxygen atoms in total. The molecule has 1 aliphatic carbocycles. The van der Waals surface area contributed by atoms with Crippen molar-refractivity contribution in [3.63, 3.8) is 0 Å². The zero-order valence-electron chi connectivity index (χ0n) is 8.63. The summed E-state index contributed by atoms with van der Waals surface area (Å²) in [5.41, 5.74) is -1.01. The van der Waals surface area contributed by atoms with E-state index in [4.69, 9.17) is 0 Å². The van der Waals surface area contributed by atoms with Crippen LogP contribution < -0.4 is 10.6 Å². The molecule has 2 rings (SSSR count). The summed E-state index contributed by atoms with van der Waals surface area (Å²) in [6.45, 7) is 1.81. The van der Waals surface area contributed by atoms with Crippen molar-refractivity contribution >= 4 is 17.8 Å². The van der Waals surface area contributed by atoms with Crippen molar-refractivity contribution < 1.29 is 14.4 Å². The summed E-state index contributed by atoms with van der Waals surface area (Å²) in [5.74, 6) is -0.762. The molecule has 2 fully saturated rings. The number of amides is 4. The average Bonchev–Trinajstić information content (AvgIpc) is 2.07. The van der Waals surface area contributed by atoms with Gasteiger partial charge in [0.2, 0.25) is 11.8 Å². The summed E-state index contributed by atoms with van der Waals surface area (Å²) >= 11 is 0. The second-order valence-corrected chi connectivity index (χ2v) is 4.19. The number of carbonyl (C=O) groups excluding carboxylic acids is 3. The van der Waals surface area contributed by atoms with E-state index in [1.165, 1.54) is 0 Å². The molecule has 1 saturated carbocycles. The third kappa shape index (κ3) is 1.26. The number of urea groups is 1. The Hall–Kier alpha value is -1.39. The highest BCUT2D eigenvalue weighted by atomic mass is 16.2. The molecule has 0 bridgehead atoms. The molecule has 4 amide bonds. The first-order chi connectivity index (χ1) is 7.11. The Morgan fingerprint density at radius 2 is 1.73 bits per heavy atom. The first kappa shape index (κ1) is 10.1. The maximum Gasteiger partial charge on any atom is 0.328 e. The van der Waals surface area contributed by atoms with Crippen molar-refractivity contribution in [2.45, 2.75) is 32.6 Å². The van der Waals surface area contributed by atoms with Crippen LogP contribution in [0, 0.1) is 11.3 Å². The molecular formula is C10H14N2O3. The van der Waals surface area contributed by atoms with Crippen LogP contribution in [-0.4, -0.2) is 17.8 Å². The van der Waals surface area contributed by atoms with Crippen LogP contribution in [0.1, 0.15) is 32.6 Å². The fourth-order valence-electron chi connectivity index (χ4n) is 2.45. The summed E-state index contributed by atoms with van der Waals surface area (Å²) in [7, 11) is 0. The Balaban J connectivity index is 2.32. The SMILES string of the molecule is CCC1(C2CCC2)C(=O)NC(=O)NC1=O. The number of nitrogens with one attached hydrogen (secondary N) is 2. The van der Waals surface area contributed by atoms with E-state index in [-0.39, 0.29) is 5.92 Å². The number of barbiturate groups is 1. The van der Waals surface area contributed by atoms with Gasteiger partial charge in [-0.2, -0.15) is 0 Å². The first-order valence-corrected chi connectivity index (χ1v) is 5.28. The molecular weight excluding hydrogens is 196 g/mol. The summed E-state index contributed by atoms with van der Waals surface area (Å²) in [6.07, 6.45) is 3.29. The van der Waals surface area contributed by atoms with Gasteiger partial charge in [-0.1, -0.05) is 13.3 Å². The van der Waals surface area contributed by atoms with Gasteiger partial charge in [-0.3, -0.25) is 20.2 Å². The third-order valence-electron chi connectivity index (χ3n) is 3.62. The second kappa shape index (κ2) is 3.32. The Morgan fingerprint density at radius 3 is 2.07 bits per heavy atom. The Bertz CT molecular complexity index is 314. The lowest BCUT2D eigenvalue weighted by atomic mass is 9.62. The van der Waals surface area contributed by atoms with Gasteiger partial charge >= 0.3 is 6.03 Å². The van der Waals surface area contributed by atoms with E-state index in [0.717, 1.165) is 19.3 Å². The van der Waals surface area contributed by atoms with Crippen LogP contribution >= 0.6 is 0 Å². The lowest BCUT2D eigenvalue weighted by Gasteiger charge is -2.43. The maximum atomic E-state index is 11.8. The van der Waals surface area contributed by atoms with Crippen molar-refractivity contribution in [1.29, 1.82) is 0 Å². The predicted octanol–water partition coefficient (Wildman–Crippen LogP) is 0.549. The number of hydrogen-bond donors (Lipinski definition) is 2. The van der Waals surface area contributed by atoms with E-state index in [0.29, 0.717) is 6.42 Å². The molecule has 1 saturated heterocycles. The highest BCUT2D eigenvalue weighted by molar-refractivity contribution is 6.19. The van der Waals surface area contributed by atoms with Gasteiger partial charge in [0.15, 0.2) is 0 Å².